The predicted molar refractivity (Wildman–Crippen MR) is 125 cm³/mol. The Hall–Kier alpha value is -1.96. The maximum absolute atomic E-state index is 12.3. The smallest absolute Gasteiger partial charge is 0.191 e. The van der Waals surface area contributed by atoms with Gasteiger partial charge in [-0.1, -0.05) is 55.4 Å². The SMILES string of the molecule is CC.CCn1c(CCC(=O)c2cccs2)nnc1SCC(=O)Cc1ccc(Cl)cc1. The Balaban J connectivity index is 0.00000155. The summed E-state index contributed by atoms with van der Waals surface area (Å²) in [7, 11) is 0. The van der Waals surface area contributed by atoms with Crippen LogP contribution in [0.5, 0.6) is 0 Å². The fourth-order valence-electron chi connectivity index (χ4n) is 2.74. The van der Waals surface area contributed by atoms with E-state index >= 15 is 0 Å². The van der Waals surface area contributed by atoms with Crippen LogP contribution in [0.4, 0.5) is 0 Å². The summed E-state index contributed by atoms with van der Waals surface area (Å²) >= 11 is 8.71. The van der Waals surface area contributed by atoms with Crippen molar-refractivity contribution in [1.82, 2.24) is 14.8 Å². The van der Waals surface area contributed by atoms with Gasteiger partial charge in [0.1, 0.15) is 11.6 Å². The first-order valence-electron chi connectivity index (χ1n) is 9.94. The van der Waals surface area contributed by atoms with Gasteiger partial charge in [0.25, 0.3) is 0 Å². The van der Waals surface area contributed by atoms with Crippen molar-refractivity contribution in [3.63, 3.8) is 0 Å². The Morgan fingerprint density at radius 3 is 2.50 bits per heavy atom. The van der Waals surface area contributed by atoms with Crippen molar-refractivity contribution in [3.05, 3.63) is 63.1 Å². The lowest BCUT2D eigenvalue weighted by molar-refractivity contribution is -0.116. The maximum atomic E-state index is 12.3. The van der Waals surface area contributed by atoms with E-state index in [0.29, 0.717) is 41.7 Å². The highest BCUT2D eigenvalue weighted by atomic mass is 35.5. The summed E-state index contributed by atoms with van der Waals surface area (Å²) in [5.74, 6) is 1.34. The summed E-state index contributed by atoms with van der Waals surface area (Å²) in [5, 5.41) is 11.7. The molecule has 1 aromatic carbocycles. The number of carbonyl (C=O) groups excluding carboxylic acids is 2. The molecular weight excluding hydrogens is 438 g/mol. The molecular formula is C22H26ClN3O2S2. The highest BCUT2D eigenvalue weighted by molar-refractivity contribution is 7.99. The van der Waals surface area contributed by atoms with Crippen LogP contribution in [0.15, 0.2) is 46.9 Å². The van der Waals surface area contributed by atoms with Crippen LogP contribution < -0.4 is 0 Å². The Bertz CT molecular complexity index is 938. The van der Waals surface area contributed by atoms with Crippen molar-refractivity contribution < 1.29 is 9.59 Å². The molecule has 30 heavy (non-hydrogen) atoms. The molecule has 160 valence electrons. The van der Waals surface area contributed by atoms with Gasteiger partial charge in [-0.15, -0.1) is 21.5 Å². The summed E-state index contributed by atoms with van der Waals surface area (Å²) in [6, 6.07) is 11.0. The number of carbonyl (C=O) groups is 2. The molecule has 0 amide bonds. The third kappa shape index (κ3) is 7.07. The first-order chi connectivity index (χ1) is 14.6. The number of benzene rings is 1. The molecule has 0 bridgehead atoms. The molecule has 8 heteroatoms. The van der Waals surface area contributed by atoms with Gasteiger partial charge in [-0.2, -0.15) is 0 Å². The van der Waals surface area contributed by atoms with E-state index in [4.69, 9.17) is 11.6 Å². The number of rotatable bonds is 10. The monoisotopic (exact) mass is 463 g/mol. The highest BCUT2D eigenvalue weighted by Crippen LogP contribution is 2.20. The molecule has 0 saturated heterocycles. The van der Waals surface area contributed by atoms with Gasteiger partial charge >= 0.3 is 0 Å². The summed E-state index contributed by atoms with van der Waals surface area (Å²) in [5.41, 5.74) is 0.944. The van der Waals surface area contributed by atoms with Crippen LogP contribution in [0.3, 0.4) is 0 Å². The fourth-order valence-corrected chi connectivity index (χ4v) is 4.44. The summed E-state index contributed by atoms with van der Waals surface area (Å²) < 4.78 is 1.97. The molecule has 0 N–H and O–H groups in total. The van der Waals surface area contributed by atoms with Gasteiger partial charge in [-0.25, -0.2) is 0 Å². The lowest BCUT2D eigenvalue weighted by Crippen LogP contribution is -2.09. The van der Waals surface area contributed by atoms with Gasteiger partial charge in [0.2, 0.25) is 0 Å². The van der Waals surface area contributed by atoms with Gasteiger partial charge < -0.3 is 4.57 Å². The predicted octanol–water partition coefficient (Wildman–Crippen LogP) is 5.76. The number of nitrogens with zero attached hydrogens (tertiary/aromatic N) is 3. The maximum Gasteiger partial charge on any atom is 0.191 e. The highest BCUT2D eigenvalue weighted by Gasteiger charge is 2.15. The standard InChI is InChI=1S/C20H20ClN3O2S2.C2H6/c1-2-24-19(10-9-17(26)18-4-3-11-27-18)22-23-20(24)28-13-16(25)12-14-5-7-15(21)8-6-14;1-2/h3-8,11H,2,9-10,12-13H2,1H3;1-2H3. The third-order valence-electron chi connectivity index (χ3n) is 4.16. The number of aryl methyl sites for hydroxylation is 1. The first-order valence-corrected chi connectivity index (χ1v) is 12.2. The van der Waals surface area contributed by atoms with Crippen LogP contribution >= 0.6 is 34.7 Å². The molecule has 0 aliphatic heterocycles. The third-order valence-corrected chi connectivity index (χ3v) is 6.35. The minimum Gasteiger partial charge on any atom is -0.306 e. The lowest BCUT2D eigenvalue weighted by atomic mass is 10.1. The molecule has 0 spiro atoms. The van der Waals surface area contributed by atoms with Gasteiger partial charge in [0, 0.05) is 30.8 Å². The number of ketones is 2. The number of halogens is 1. The van der Waals surface area contributed by atoms with Crippen LogP contribution in [0.25, 0.3) is 0 Å². The molecule has 0 aliphatic carbocycles. The second-order valence-electron chi connectivity index (χ2n) is 6.17. The molecule has 0 atom stereocenters. The Morgan fingerprint density at radius 2 is 1.87 bits per heavy atom. The normalized spacial score (nSPS) is 10.4. The van der Waals surface area contributed by atoms with Crippen molar-refractivity contribution in [1.29, 1.82) is 0 Å². The number of hydrogen-bond donors (Lipinski definition) is 0. The number of thiophene rings is 1. The van der Waals surface area contributed by atoms with Crippen molar-refractivity contribution in [3.8, 4) is 0 Å². The van der Waals surface area contributed by atoms with E-state index in [1.54, 1.807) is 12.1 Å². The molecule has 0 radical (unpaired) electrons. The largest absolute Gasteiger partial charge is 0.306 e. The van der Waals surface area contributed by atoms with E-state index in [1.165, 1.54) is 23.1 Å². The Kier molecular flexibility index (Phi) is 10.3. The van der Waals surface area contributed by atoms with E-state index in [-0.39, 0.29) is 11.6 Å². The van der Waals surface area contributed by atoms with Crippen molar-refractivity contribution in [2.75, 3.05) is 5.75 Å². The summed E-state index contributed by atoms with van der Waals surface area (Å²) in [6.07, 6.45) is 1.31. The summed E-state index contributed by atoms with van der Waals surface area (Å²) in [4.78, 5) is 25.2. The molecule has 0 saturated carbocycles. The number of aromatic nitrogens is 3. The molecule has 0 unspecified atom stereocenters. The molecule has 3 rings (SSSR count). The van der Waals surface area contributed by atoms with Crippen LogP contribution in [0.2, 0.25) is 5.02 Å². The topological polar surface area (TPSA) is 64.8 Å². The Morgan fingerprint density at radius 1 is 1.13 bits per heavy atom. The molecule has 2 aromatic heterocycles. The second-order valence-corrected chi connectivity index (χ2v) is 8.50. The Labute approximate surface area is 190 Å². The zero-order valence-corrected chi connectivity index (χ0v) is 19.8. The first kappa shape index (κ1) is 24.3. The lowest BCUT2D eigenvalue weighted by Gasteiger charge is -2.07. The van der Waals surface area contributed by atoms with Gasteiger partial charge in [-0.3, -0.25) is 9.59 Å². The average molecular weight is 464 g/mol. The van der Waals surface area contributed by atoms with Gasteiger partial charge in [0.15, 0.2) is 10.9 Å². The number of thioether (sulfide) groups is 1. The molecule has 0 aliphatic rings. The van der Waals surface area contributed by atoms with E-state index < -0.39 is 0 Å². The minimum absolute atomic E-state index is 0.118. The molecule has 5 nitrogen and oxygen atoms in total. The van der Waals surface area contributed by atoms with E-state index in [9.17, 15) is 9.59 Å². The van der Waals surface area contributed by atoms with Crippen LogP contribution in [-0.2, 0) is 24.2 Å². The molecule has 3 aromatic rings. The second kappa shape index (κ2) is 12.7. The van der Waals surface area contributed by atoms with Crippen molar-refractivity contribution >= 4 is 46.3 Å². The quantitative estimate of drug-likeness (QED) is 0.282. The van der Waals surface area contributed by atoms with Crippen LogP contribution in [0, 0.1) is 0 Å². The number of hydrogen-bond acceptors (Lipinski definition) is 6. The van der Waals surface area contributed by atoms with Crippen molar-refractivity contribution in [2.24, 2.45) is 0 Å². The fraction of sp³-hybridized carbons (Fsp3) is 0.364. The van der Waals surface area contributed by atoms with Gasteiger partial charge in [0.05, 0.1) is 10.6 Å². The minimum atomic E-state index is 0.118. The zero-order valence-electron chi connectivity index (χ0n) is 17.4. The van der Waals surface area contributed by atoms with E-state index in [2.05, 4.69) is 10.2 Å². The molecule has 2 heterocycles. The van der Waals surface area contributed by atoms with Crippen molar-refractivity contribution in [2.45, 2.75) is 51.7 Å². The van der Waals surface area contributed by atoms with Crippen LogP contribution in [-0.4, -0.2) is 32.1 Å². The zero-order chi connectivity index (χ0) is 21.9. The number of Topliss-reactive ketones (excluding diaryl/α,β-unsaturated/α-hetero) is 2. The summed E-state index contributed by atoms with van der Waals surface area (Å²) in [6.45, 7) is 6.71. The average Bonchev–Trinajstić information content (AvgIpc) is 3.43. The van der Waals surface area contributed by atoms with E-state index in [1.807, 2.05) is 55.0 Å². The van der Waals surface area contributed by atoms with Crippen LogP contribution in [0.1, 0.15) is 48.3 Å². The van der Waals surface area contributed by atoms with E-state index in [0.717, 1.165) is 16.3 Å². The molecule has 0 fully saturated rings. The van der Waals surface area contributed by atoms with Gasteiger partial charge in [-0.05, 0) is 36.1 Å².